The number of aryl methyl sites for hydroxylation is 1. The zero-order valence-electron chi connectivity index (χ0n) is 11.2. The minimum Gasteiger partial charge on any atom is -0.382 e. The van der Waals surface area contributed by atoms with Crippen molar-refractivity contribution in [3.63, 3.8) is 0 Å². The lowest BCUT2D eigenvalue weighted by atomic mass is 10.2. The highest BCUT2D eigenvalue weighted by molar-refractivity contribution is 7.09. The van der Waals surface area contributed by atoms with Crippen molar-refractivity contribution in [1.29, 1.82) is 0 Å². The van der Waals surface area contributed by atoms with Crippen molar-refractivity contribution in [2.45, 2.75) is 26.1 Å². The molecule has 1 aliphatic heterocycles. The second kappa shape index (κ2) is 5.40. The first-order valence-electron chi connectivity index (χ1n) is 6.39. The van der Waals surface area contributed by atoms with Gasteiger partial charge in [-0.25, -0.2) is 9.97 Å². The highest BCUT2D eigenvalue weighted by atomic mass is 32.1. The molecule has 0 fully saturated rings. The maximum absolute atomic E-state index is 5.33. The molecule has 3 rings (SSSR count). The van der Waals surface area contributed by atoms with Gasteiger partial charge >= 0.3 is 0 Å². The third kappa shape index (κ3) is 2.56. The fourth-order valence-corrected chi connectivity index (χ4v) is 3.41. The van der Waals surface area contributed by atoms with Crippen LogP contribution in [0.1, 0.15) is 22.3 Å². The minimum atomic E-state index is 0.351. The Morgan fingerprint density at radius 3 is 3.16 bits per heavy atom. The molecule has 0 bridgehead atoms. The molecule has 102 valence electrons. The molecule has 0 saturated heterocycles. The van der Waals surface area contributed by atoms with E-state index in [1.165, 1.54) is 10.6 Å². The number of ether oxygens (including phenoxy) is 1. The van der Waals surface area contributed by atoms with Gasteiger partial charge < -0.3 is 9.30 Å². The standard InChI is InChI=1S/C13H18N4OS/c1-10-13(19-9-15-10)6-16-4-11-3-14-8-17(11)12(5-16)7-18-2/h3,8-9,12H,4-7H2,1-2H3. The fourth-order valence-electron chi connectivity index (χ4n) is 2.59. The number of imidazole rings is 1. The van der Waals surface area contributed by atoms with Crippen LogP contribution in [0.25, 0.3) is 0 Å². The smallest absolute Gasteiger partial charge is 0.0952 e. The molecule has 3 heterocycles. The SMILES string of the molecule is COCC1CN(Cc2scnc2C)Cc2cncn21. The van der Waals surface area contributed by atoms with Crippen molar-refractivity contribution in [3.8, 4) is 0 Å². The predicted octanol–water partition coefficient (Wildman–Crippen LogP) is 1.85. The minimum absolute atomic E-state index is 0.351. The van der Waals surface area contributed by atoms with Crippen LogP contribution in [0.15, 0.2) is 18.0 Å². The lowest BCUT2D eigenvalue weighted by Crippen LogP contribution is -2.38. The highest BCUT2D eigenvalue weighted by Crippen LogP contribution is 2.24. The number of aromatic nitrogens is 3. The number of thiazole rings is 1. The average Bonchev–Trinajstić information content (AvgIpc) is 3.00. The summed E-state index contributed by atoms with van der Waals surface area (Å²) in [5.74, 6) is 0. The normalized spacial score (nSPS) is 19.6. The van der Waals surface area contributed by atoms with E-state index in [1.54, 1.807) is 18.4 Å². The quantitative estimate of drug-likeness (QED) is 0.856. The zero-order valence-corrected chi connectivity index (χ0v) is 12.1. The maximum atomic E-state index is 5.33. The number of methoxy groups -OCH3 is 1. The van der Waals surface area contributed by atoms with Gasteiger partial charge in [0.15, 0.2) is 0 Å². The monoisotopic (exact) mass is 278 g/mol. The summed E-state index contributed by atoms with van der Waals surface area (Å²) in [5.41, 5.74) is 4.33. The lowest BCUT2D eigenvalue weighted by molar-refractivity contribution is 0.0987. The molecule has 0 amide bonds. The molecule has 0 N–H and O–H groups in total. The molecule has 0 saturated carbocycles. The molecule has 19 heavy (non-hydrogen) atoms. The van der Waals surface area contributed by atoms with Gasteiger partial charge in [-0.2, -0.15) is 0 Å². The summed E-state index contributed by atoms with van der Waals surface area (Å²) in [6.07, 6.45) is 3.86. The number of hydrogen-bond donors (Lipinski definition) is 0. The third-order valence-corrected chi connectivity index (χ3v) is 4.49. The zero-order chi connectivity index (χ0) is 13.2. The molecular formula is C13H18N4OS. The van der Waals surface area contributed by atoms with Gasteiger partial charge in [-0.05, 0) is 6.92 Å². The number of rotatable bonds is 4. The first-order chi connectivity index (χ1) is 9.28. The number of fused-ring (bicyclic) bond motifs is 1. The third-order valence-electron chi connectivity index (χ3n) is 3.57. The summed E-state index contributed by atoms with van der Waals surface area (Å²) < 4.78 is 7.57. The largest absolute Gasteiger partial charge is 0.382 e. The average molecular weight is 278 g/mol. The van der Waals surface area contributed by atoms with Gasteiger partial charge in [0.1, 0.15) is 0 Å². The van der Waals surface area contributed by atoms with Gasteiger partial charge in [0.05, 0.1) is 35.9 Å². The van der Waals surface area contributed by atoms with E-state index in [2.05, 4.69) is 26.4 Å². The molecule has 1 unspecified atom stereocenters. The number of hydrogen-bond acceptors (Lipinski definition) is 5. The second-order valence-electron chi connectivity index (χ2n) is 4.93. The van der Waals surface area contributed by atoms with Gasteiger partial charge in [-0.15, -0.1) is 11.3 Å². The van der Waals surface area contributed by atoms with E-state index in [-0.39, 0.29) is 0 Å². The summed E-state index contributed by atoms with van der Waals surface area (Å²) in [7, 11) is 1.75. The Balaban J connectivity index is 1.77. The van der Waals surface area contributed by atoms with E-state index < -0.39 is 0 Å². The lowest BCUT2D eigenvalue weighted by Gasteiger charge is -2.33. The van der Waals surface area contributed by atoms with E-state index in [4.69, 9.17) is 4.74 Å². The maximum Gasteiger partial charge on any atom is 0.0952 e. The van der Waals surface area contributed by atoms with Crippen molar-refractivity contribution < 1.29 is 4.74 Å². The van der Waals surface area contributed by atoms with Gasteiger partial charge in [0.2, 0.25) is 0 Å². The van der Waals surface area contributed by atoms with E-state index in [0.717, 1.165) is 31.9 Å². The van der Waals surface area contributed by atoms with Crippen LogP contribution in [0.2, 0.25) is 0 Å². The molecular weight excluding hydrogens is 260 g/mol. The Kier molecular flexibility index (Phi) is 3.63. The molecule has 0 radical (unpaired) electrons. The van der Waals surface area contributed by atoms with Crippen LogP contribution in [0.3, 0.4) is 0 Å². The Morgan fingerprint density at radius 1 is 1.53 bits per heavy atom. The van der Waals surface area contributed by atoms with Crippen LogP contribution in [0.4, 0.5) is 0 Å². The van der Waals surface area contributed by atoms with Gasteiger partial charge in [-0.1, -0.05) is 0 Å². The molecule has 2 aromatic heterocycles. The van der Waals surface area contributed by atoms with Gasteiger partial charge in [0, 0.05) is 37.8 Å². The molecule has 1 atom stereocenters. The fraction of sp³-hybridized carbons (Fsp3) is 0.538. The molecule has 0 spiro atoms. The second-order valence-corrected chi connectivity index (χ2v) is 5.87. The van der Waals surface area contributed by atoms with E-state index in [9.17, 15) is 0 Å². The van der Waals surface area contributed by atoms with Crippen LogP contribution in [-0.4, -0.2) is 39.7 Å². The van der Waals surface area contributed by atoms with Crippen LogP contribution in [0.5, 0.6) is 0 Å². The van der Waals surface area contributed by atoms with Crippen LogP contribution in [0, 0.1) is 6.92 Å². The summed E-state index contributed by atoms with van der Waals surface area (Å²) in [5, 5.41) is 0. The predicted molar refractivity (Wildman–Crippen MR) is 74.1 cm³/mol. The van der Waals surface area contributed by atoms with Crippen molar-refractivity contribution in [2.75, 3.05) is 20.3 Å². The molecule has 6 heteroatoms. The summed E-state index contributed by atoms with van der Waals surface area (Å²) in [4.78, 5) is 12.4. The van der Waals surface area contributed by atoms with Crippen molar-refractivity contribution >= 4 is 11.3 Å². The molecule has 2 aromatic rings. The Hall–Kier alpha value is -1.24. The first kappa shape index (κ1) is 12.8. The summed E-state index contributed by atoms with van der Waals surface area (Å²) in [6.45, 7) is 5.70. The van der Waals surface area contributed by atoms with Crippen LogP contribution in [-0.2, 0) is 17.8 Å². The van der Waals surface area contributed by atoms with Crippen LogP contribution < -0.4 is 0 Å². The highest BCUT2D eigenvalue weighted by Gasteiger charge is 2.25. The topological polar surface area (TPSA) is 43.2 Å². The van der Waals surface area contributed by atoms with E-state index >= 15 is 0 Å². The molecule has 1 aliphatic rings. The van der Waals surface area contributed by atoms with Crippen molar-refractivity contribution in [1.82, 2.24) is 19.4 Å². The van der Waals surface area contributed by atoms with Crippen molar-refractivity contribution in [2.24, 2.45) is 0 Å². The summed E-state index contributed by atoms with van der Waals surface area (Å²) in [6, 6.07) is 0.351. The van der Waals surface area contributed by atoms with Gasteiger partial charge in [0.25, 0.3) is 0 Å². The Bertz CT molecular complexity index is 550. The van der Waals surface area contributed by atoms with Crippen molar-refractivity contribution in [3.05, 3.63) is 34.3 Å². The Labute approximate surface area is 116 Å². The van der Waals surface area contributed by atoms with Crippen LogP contribution >= 0.6 is 11.3 Å². The van der Waals surface area contributed by atoms with E-state index in [0.29, 0.717) is 6.04 Å². The van der Waals surface area contributed by atoms with Gasteiger partial charge in [-0.3, -0.25) is 4.90 Å². The molecule has 0 aliphatic carbocycles. The molecule has 0 aromatic carbocycles. The van der Waals surface area contributed by atoms with E-state index in [1.807, 2.05) is 18.0 Å². The number of nitrogens with zero attached hydrogens (tertiary/aromatic N) is 4. The first-order valence-corrected chi connectivity index (χ1v) is 7.27. The Morgan fingerprint density at radius 2 is 2.42 bits per heavy atom. The molecule has 5 nitrogen and oxygen atoms in total. The summed E-state index contributed by atoms with van der Waals surface area (Å²) >= 11 is 1.73.